The molecule has 0 aliphatic heterocycles. The van der Waals surface area contributed by atoms with Crippen LogP contribution in [0.1, 0.15) is 26.7 Å². The molecule has 0 spiro atoms. The molecule has 0 saturated carbocycles. The van der Waals surface area contributed by atoms with Crippen LogP contribution in [0.25, 0.3) is 0 Å². The fourth-order valence-electron chi connectivity index (χ4n) is 1.39. The summed E-state index contributed by atoms with van der Waals surface area (Å²) in [5.41, 5.74) is 5.49. The van der Waals surface area contributed by atoms with Gasteiger partial charge >= 0.3 is 0 Å². The van der Waals surface area contributed by atoms with Gasteiger partial charge in [-0.3, -0.25) is 0 Å². The zero-order valence-corrected chi connectivity index (χ0v) is 10.1. The molecule has 3 nitrogen and oxygen atoms in total. The summed E-state index contributed by atoms with van der Waals surface area (Å²) in [6, 6.07) is 7.76. The lowest BCUT2D eigenvalue weighted by atomic mass is 10.2. The van der Waals surface area contributed by atoms with E-state index in [1.165, 1.54) is 0 Å². The van der Waals surface area contributed by atoms with Gasteiger partial charge in [-0.05, 0) is 38.4 Å². The van der Waals surface area contributed by atoms with Crippen molar-refractivity contribution < 1.29 is 9.47 Å². The van der Waals surface area contributed by atoms with Crippen molar-refractivity contribution in [3.8, 4) is 11.5 Å². The molecule has 0 heterocycles. The SMILES string of the molecule is CCCOc1ccccc1OC(C)CCN. The molecule has 0 aromatic heterocycles. The minimum atomic E-state index is 0.122. The van der Waals surface area contributed by atoms with Crippen LogP contribution in [0, 0.1) is 0 Å². The molecule has 16 heavy (non-hydrogen) atoms. The monoisotopic (exact) mass is 223 g/mol. The number of para-hydroxylation sites is 2. The molecule has 0 radical (unpaired) electrons. The summed E-state index contributed by atoms with van der Waals surface area (Å²) in [7, 11) is 0. The number of rotatable bonds is 7. The molecule has 1 atom stereocenters. The van der Waals surface area contributed by atoms with Crippen molar-refractivity contribution in [2.45, 2.75) is 32.8 Å². The summed E-state index contributed by atoms with van der Waals surface area (Å²) in [6.07, 6.45) is 1.96. The molecule has 1 aromatic rings. The van der Waals surface area contributed by atoms with E-state index in [-0.39, 0.29) is 6.10 Å². The molecule has 0 aliphatic rings. The van der Waals surface area contributed by atoms with Crippen molar-refractivity contribution >= 4 is 0 Å². The van der Waals surface area contributed by atoms with Crippen LogP contribution in [0.5, 0.6) is 11.5 Å². The zero-order valence-electron chi connectivity index (χ0n) is 10.1. The first-order chi connectivity index (χ1) is 7.77. The highest BCUT2D eigenvalue weighted by Gasteiger charge is 2.07. The van der Waals surface area contributed by atoms with Crippen molar-refractivity contribution in [1.29, 1.82) is 0 Å². The predicted octanol–water partition coefficient (Wildman–Crippen LogP) is 2.59. The molecule has 0 amide bonds. The molecular formula is C13H21NO2. The molecule has 1 unspecified atom stereocenters. The first kappa shape index (κ1) is 12.8. The Balaban J connectivity index is 2.62. The van der Waals surface area contributed by atoms with Crippen molar-refractivity contribution in [3.63, 3.8) is 0 Å². The van der Waals surface area contributed by atoms with Gasteiger partial charge in [0.25, 0.3) is 0 Å². The van der Waals surface area contributed by atoms with Crippen LogP contribution in [-0.4, -0.2) is 19.3 Å². The Bertz CT molecular complexity index is 302. The third kappa shape index (κ3) is 4.11. The summed E-state index contributed by atoms with van der Waals surface area (Å²) in [5, 5.41) is 0. The summed E-state index contributed by atoms with van der Waals surface area (Å²) < 4.78 is 11.4. The second-order valence-electron chi connectivity index (χ2n) is 3.80. The maximum atomic E-state index is 5.78. The first-order valence-electron chi connectivity index (χ1n) is 5.86. The molecule has 0 aliphatic carbocycles. The van der Waals surface area contributed by atoms with Gasteiger partial charge in [-0.2, -0.15) is 0 Å². The smallest absolute Gasteiger partial charge is 0.161 e. The van der Waals surface area contributed by atoms with E-state index in [2.05, 4.69) is 6.92 Å². The molecule has 2 N–H and O–H groups in total. The van der Waals surface area contributed by atoms with Gasteiger partial charge in [-0.25, -0.2) is 0 Å². The van der Waals surface area contributed by atoms with E-state index in [9.17, 15) is 0 Å². The van der Waals surface area contributed by atoms with E-state index >= 15 is 0 Å². The van der Waals surface area contributed by atoms with E-state index in [1.54, 1.807) is 0 Å². The highest BCUT2D eigenvalue weighted by Crippen LogP contribution is 2.27. The van der Waals surface area contributed by atoms with Crippen molar-refractivity contribution in [1.82, 2.24) is 0 Å². The highest BCUT2D eigenvalue weighted by molar-refractivity contribution is 5.39. The third-order valence-electron chi connectivity index (χ3n) is 2.21. The molecule has 90 valence electrons. The lowest BCUT2D eigenvalue weighted by molar-refractivity contribution is 0.198. The van der Waals surface area contributed by atoms with E-state index in [0.29, 0.717) is 13.2 Å². The van der Waals surface area contributed by atoms with Crippen molar-refractivity contribution in [2.24, 2.45) is 5.73 Å². The number of ether oxygens (including phenoxy) is 2. The van der Waals surface area contributed by atoms with Crippen LogP contribution in [0.2, 0.25) is 0 Å². The maximum Gasteiger partial charge on any atom is 0.161 e. The Morgan fingerprint density at radius 2 is 1.94 bits per heavy atom. The first-order valence-corrected chi connectivity index (χ1v) is 5.86. The molecule has 0 fully saturated rings. The molecule has 3 heteroatoms. The Hall–Kier alpha value is -1.22. The zero-order chi connectivity index (χ0) is 11.8. The summed E-state index contributed by atoms with van der Waals surface area (Å²) in [4.78, 5) is 0. The van der Waals surface area contributed by atoms with Crippen LogP contribution in [0.3, 0.4) is 0 Å². The average Bonchev–Trinajstić information content (AvgIpc) is 2.28. The van der Waals surface area contributed by atoms with Gasteiger partial charge in [0.2, 0.25) is 0 Å². The third-order valence-corrected chi connectivity index (χ3v) is 2.21. The minimum absolute atomic E-state index is 0.122. The number of hydrogen-bond donors (Lipinski definition) is 1. The molecular weight excluding hydrogens is 202 g/mol. The standard InChI is InChI=1S/C13H21NO2/c1-3-10-15-12-6-4-5-7-13(12)16-11(2)8-9-14/h4-7,11H,3,8-10,14H2,1-2H3. The van der Waals surface area contributed by atoms with E-state index in [4.69, 9.17) is 15.2 Å². The van der Waals surface area contributed by atoms with Gasteiger partial charge in [0.1, 0.15) is 0 Å². The van der Waals surface area contributed by atoms with Crippen molar-refractivity contribution in [2.75, 3.05) is 13.2 Å². The lowest BCUT2D eigenvalue weighted by Crippen LogP contribution is -2.17. The summed E-state index contributed by atoms with van der Waals surface area (Å²) in [5.74, 6) is 1.62. The van der Waals surface area contributed by atoms with E-state index in [1.807, 2.05) is 31.2 Å². The lowest BCUT2D eigenvalue weighted by Gasteiger charge is -2.16. The Morgan fingerprint density at radius 1 is 1.25 bits per heavy atom. The van der Waals surface area contributed by atoms with Crippen LogP contribution in [0.4, 0.5) is 0 Å². The molecule has 1 rings (SSSR count). The quantitative estimate of drug-likeness (QED) is 0.772. The topological polar surface area (TPSA) is 44.5 Å². The minimum Gasteiger partial charge on any atom is -0.490 e. The van der Waals surface area contributed by atoms with Gasteiger partial charge < -0.3 is 15.2 Å². The van der Waals surface area contributed by atoms with Crippen LogP contribution in [0.15, 0.2) is 24.3 Å². The number of nitrogens with two attached hydrogens (primary N) is 1. The largest absolute Gasteiger partial charge is 0.490 e. The maximum absolute atomic E-state index is 5.78. The van der Waals surface area contributed by atoms with E-state index in [0.717, 1.165) is 24.3 Å². The molecule has 0 saturated heterocycles. The fourth-order valence-corrected chi connectivity index (χ4v) is 1.39. The van der Waals surface area contributed by atoms with Gasteiger partial charge in [0, 0.05) is 0 Å². The summed E-state index contributed by atoms with van der Waals surface area (Å²) >= 11 is 0. The Morgan fingerprint density at radius 3 is 2.56 bits per heavy atom. The summed E-state index contributed by atoms with van der Waals surface area (Å²) in [6.45, 7) is 5.45. The average molecular weight is 223 g/mol. The molecule has 1 aromatic carbocycles. The Kier molecular flexibility index (Phi) is 5.72. The Labute approximate surface area is 97.6 Å². The van der Waals surface area contributed by atoms with Gasteiger partial charge in [-0.15, -0.1) is 0 Å². The van der Waals surface area contributed by atoms with Crippen LogP contribution in [-0.2, 0) is 0 Å². The van der Waals surface area contributed by atoms with Crippen molar-refractivity contribution in [3.05, 3.63) is 24.3 Å². The van der Waals surface area contributed by atoms with Crippen LogP contribution >= 0.6 is 0 Å². The van der Waals surface area contributed by atoms with Gasteiger partial charge in [0.05, 0.1) is 12.7 Å². The fraction of sp³-hybridized carbons (Fsp3) is 0.538. The second-order valence-corrected chi connectivity index (χ2v) is 3.80. The number of hydrogen-bond acceptors (Lipinski definition) is 3. The highest BCUT2D eigenvalue weighted by atomic mass is 16.5. The predicted molar refractivity (Wildman–Crippen MR) is 66.0 cm³/mol. The number of benzene rings is 1. The van der Waals surface area contributed by atoms with Gasteiger partial charge in [0.15, 0.2) is 11.5 Å². The van der Waals surface area contributed by atoms with E-state index < -0.39 is 0 Å². The molecule has 0 bridgehead atoms. The normalized spacial score (nSPS) is 12.2. The second kappa shape index (κ2) is 7.12. The van der Waals surface area contributed by atoms with Gasteiger partial charge in [-0.1, -0.05) is 19.1 Å². The van der Waals surface area contributed by atoms with Crippen LogP contribution < -0.4 is 15.2 Å².